The predicted molar refractivity (Wildman–Crippen MR) is 106 cm³/mol. The molecule has 0 aliphatic carbocycles. The van der Waals surface area contributed by atoms with Gasteiger partial charge >= 0.3 is 0 Å². The minimum atomic E-state index is 0.528. The molecular weight excluding hydrogens is 392 g/mol. The Balaban J connectivity index is 1.78. The summed E-state index contributed by atoms with van der Waals surface area (Å²) in [5, 5.41) is 8.54. The predicted octanol–water partition coefficient (Wildman–Crippen LogP) is 5.28. The van der Waals surface area contributed by atoms with Crippen LogP contribution < -0.4 is 5.32 Å². The molecule has 6 heteroatoms. The smallest absolute Gasteiger partial charge is 0.223 e. The highest BCUT2D eigenvalue weighted by atomic mass is 79.9. The van der Waals surface area contributed by atoms with Crippen LogP contribution in [0.4, 0.5) is 5.82 Å². The molecule has 5 nitrogen and oxygen atoms in total. The molecule has 4 rings (SSSR count). The normalized spacial score (nSPS) is 11.0. The first-order valence-corrected chi connectivity index (χ1v) is 9.09. The summed E-state index contributed by atoms with van der Waals surface area (Å²) in [7, 11) is 0. The highest BCUT2D eigenvalue weighted by Gasteiger charge is 2.14. The molecule has 2 aromatic carbocycles. The lowest BCUT2D eigenvalue weighted by atomic mass is 10.1. The number of nitrogens with one attached hydrogen (secondary N) is 1. The summed E-state index contributed by atoms with van der Waals surface area (Å²) in [4.78, 5) is 9.19. The number of hydrogen-bond acceptors (Lipinski definition) is 5. The van der Waals surface area contributed by atoms with Crippen molar-refractivity contribution < 1.29 is 4.52 Å². The fourth-order valence-corrected chi connectivity index (χ4v) is 3.24. The van der Waals surface area contributed by atoms with Crippen molar-refractivity contribution in [3.63, 3.8) is 0 Å². The van der Waals surface area contributed by atoms with E-state index in [1.165, 1.54) is 5.56 Å². The van der Waals surface area contributed by atoms with Crippen LogP contribution in [-0.2, 0) is 6.54 Å². The topological polar surface area (TPSA) is 63.8 Å². The molecule has 26 heavy (non-hydrogen) atoms. The summed E-state index contributed by atoms with van der Waals surface area (Å²) in [5.74, 6) is 1.80. The Labute approximate surface area is 159 Å². The molecular formula is C20H17BrN4O. The molecule has 2 heterocycles. The van der Waals surface area contributed by atoms with Gasteiger partial charge in [-0.1, -0.05) is 51.4 Å². The Kier molecular flexibility index (Phi) is 4.42. The van der Waals surface area contributed by atoms with E-state index in [9.17, 15) is 0 Å². The van der Waals surface area contributed by atoms with Gasteiger partial charge in [-0.3, -0.25) is 0 Å². The summed E-state index contributed by atoms with van der Waals surface area (Å²) in [6.45, 7) is 4.48. The van der Waals surface area contributed by atoms with Crippen LogP contribution in [0.15, 0.2) is 57.5 Å². The third kappa shape index (κ3) is 3.32. The van der Waals surface area contributed by atoms with Crippen molar-refractivity contribution in [2.24, 2.45) is 0 Å². The van der Waals surface area contributed by atoms with E-state index in [1.54, 1.807) is 6.92 Å². The Morgan fingerprint density at radius 1 is 1.04 bits per heavy atom. The van der Waals surface area contributed by atoms with E-state index >= 15 is 0 Å². The molecule has 0 fully saturated rings. The van der Waals surface area contributed by atoms with E-state index in [-0.39, 0.29) is 0 Å². The van der Waals surface area contributed by atoms with Crippen LogP contribution in [0.5, 0.6) is 0 Å². The number of rotatable bonds is 4. The van der Waals surface area contributed by atoms with Gasteiger partial charge in [0.05, 0.1) is 11.1 Å². The molecule has 0 saturated heterocycles. The molecule has 0 spiro atoms. The maximum absolute atomic E-state index is 5.16. The fourth-order valence-electron chi connectivity index (χ4n) is 2.81. The number of halogens is 1. The number of pyridine rings is 1. The summed E-state index contributed by atoms with van der Waals surface area (Å²) in [6.07, 6.45) is 0. The van der Waals surface area contributed by atoms with Crippen molar-refractivity contribution in [2.75, 3.05) is 5.32 Å². The van der Waals surface area contributed by atoms with Crippen molar-refractivity contribution in [1.82, 2.24) is 15.1 Å². The number of hydrogen-bond donors (Lipinski definition) is 1. The zero-order valence-corrected chi connectivity index (χ0v) is 16.0. The van der Waals surface area contributed by atoms with Crippen LogP contribution in [0.3, 0.4) is 0 Å². The zero-order valence-electron chi connectivity index (χ0n) is 14.5. The number of nitrogens with zero attached hydrogens (tertiary/aromatic N) is 3. The first-order chi connectivity index (χ1) is 12.6. The Morgan fingerprint density at radius 2 is 1.88 bits per heavy atom. The van der Waals surface area contributed by atoms with Crippen molar-refractivity contribution >= 4 is 32.7 Å². The molecule has 0 aliphatic rings. The Bertz CT molecular complexity index is 1090. The van der Waals surface area contributed by atoms with E-state index in [0.717, 1.165) is 32.3 Å². The fraction of sp³-hybridized carbons (Fsp3) is 0.150. The van der Waals surface area contributed by atoms with E-state index < -0.39 is 0 Å². The minimum Gasteiger partial charge on any atom is -0.365 e. The van der Waals surface area contributed by atoms with E-state index in [2.05, 4.69) is 68.6 Å². The maximum atomic E-state index is 5.16. The molecule has 0 saturated carbocycles. The highest BCUT2D eigenvalue weighted by molar-refractivity contribution is 9.10. The van der Waals surface area contributed by atoms with E-state index in [0.29, 0.717) is 18.3 Å². The first kappa shape index (κ1) is 16.7. The lowest BCUT2D eigenvalue weighted by Gasteiger charge is -2.12. The van der Waals surface area contributed by atoms with Gasteiger partial charge in [0.1, 0.15) is 5.82 Å². The third-order valence-corrected chi connectivity index (χ3v) is 4.92. The number of anilines is 1. The summed E-state index contributed by atoms with van der Waals surface area (Å²) in [5.41, 5.74) is 4.08. The maximum Gasteiger partial charge on any atom is 0.223 e. The van der Waals surface area contributed by atoms with Gasteiger partial charge in [0.2, 0.25) is 11.7 Å². The summed E-state index contributed by atoms with van der Waals surface area (Å²) >= 11 is 3.59. The molecule has 0 aliphatic heterocycles. The van der Waals surface area contributed by atoms with Gasteiger partial charge in [0, 0.05) is 23.3 Å². The van der Waals surface area contributed by atoms with Gasteiger partial charge in [0.25, 0.3) is 0 Å². The quantitative estimate of drug-likeness (QED) is 0.497. The van der Waals surface area contributed by atoms with Gasteiger partial charge in [-0.2, -0.15) is 4.98 Å². The second-order valence-electron chi connectivity index (χ2n) is 6.16. The van der Waals surface area contributed by atoms with Gasteiger partial charge in [-0.05, 0) is 36.2 Å². The molecule has 0 unspecified atom stereocenters. The molecule has 2 aromatic heterocycles. The number of aryl methyl sites for hydroxylation is 2. The first-order valence-electron chi connectivity index (χ1n) is 8.29. The lowest BCUT2D eigenvalue weighted by molar-refractivity contribution is 0.394. The molecule has 0 radical (unpaired) electrons. The zero-order chi connectivity index (χ0) is 18.1. The van der Waals surface area contributed by atoms with Crippen LogP contribution in [0.25, 0.3) is 22.3 Å². The Morgan fingerprint density at radius 3 is 2.65 bits per heavy atom. The second-order valence-corrected chi connectivity index (χ2v) is 7.02. The standard InChI is InChI=1S/C20H17BrN4O/c1-12-7-8-14-10-16(20-23-13(2)26-25-20)19(24-18(14)9-12)22-11-15-5-3-4-6-17(15)21/h3-10H,11H2,1-2H3,(H,22,24). The molecule has 130 valence electrons. The third-order valence-electron chi connectivity index (χ3n) is 4.15. The SMILES string of the molecule is Cc1ccc2cc(-c3noc(C)n3)c(NCc3ccccc3Br)nc2c1. The summed E-state index contributed by atoms with van der Waals surface area (Å²) < 4.78 is 6.22. The second kappa shape index (κ2) is 6.88. The lowest BCUT2D eigenvalue weighted by Crippen LogP contribution is -2.04. The number of aromatic nitrogens is 3. The van der Waals surface area contributed by atoms with E-state index in [1.807, 2.05) is 18.2 Å². The molecule has 4 aromatic rings. The Hall–Kier alpha value is -2.73. The highest BCUT2D eigenvalue weighted by Crippen LogP contribution is 2.29. The average molecular weight is 409 g/mol. The van der Waals surface area contributed by atoms with Gasteiger partial charge in [0.15, 0.2) is 0 Å². The van der Waals surface area contributed by atoms with Crippen LogP contribution in [0, 0.1) is 13.8 Å². The average Bonchev–Trinajstić information content (AvgIpc) is 3.06. The number of benzene rings is 2. The van der Waals surface area contributed by atoms with Crippen molar-refractivity contribution in [2.45, 2.75) is 20.4 Å². The van der Waals surface area contributed by atoms with Crippen LogP contribution in [0.1, 0.15) is 17.0 Å². The minimum absolute atomic E-state index is 0.528. The molecule has 0 bridgehead atoms. The molecule has 0 atom stereocenters. The van der Waals surface area contributed by atoms with E-state index in [4.69, 9.17) is 9.51 Å². The molecule has 0 amide bonds. The van der Waals surface area contributed by atoms with Crippen molar-refractivity contribution in [1.29, 1.82) is 0 Å². The van der Waals surface area contributed by atoms with Crippen molar-refractivity contribution in [3.8, 4) is 11.4 Å². The monoisotopic (exact) mass is 408 g/mol. The van der Waals surface area contributed by atoms with Crippen LogP contribution in [0.2, 0.25) is 0 Å². The largest absolute Gasteiger partial charge is 0.365 e. The van der Waals surface area contributed by atoms with Crippen LogP contribution >= 0.6 is 15.9 Å². The van der Waals surface area contributed by atoms with Gasteiger partial charge < -0.3 is 9.84 Å². The van der Waals surface area contributed by atoms with Crippen LogP contribution in [-0.4, -0.2) is 15.1 Å². The van der Waals surface area contributed by atoms with Crippen molar-refractivity contribution in [3.05, 3.63) is 70.0 Å². The summed E-state index contributed by atoms with van der Waals surface area (Å²) in [6, 6.07) is 16.4. The number of fused-ring (bicyclic) bond motifs is 1. The van der Waals surface area contributed by atoms with Gasteiger partial charge in [-0.15, -0.1) is 0 Å². The van der Waals surface area contributed by atoms with Gasteiger partial charge in [-0.25, -0.2) is 4.98 Å². The molecule has 1 N–H and O–H groups in total.